The van der Waals surface area contributed by atoms with Gasteiger partial charge in [0.05, 0.1) is 19.8 Å². The van der Waals surface area contributed by atoms with E-state index in [0.717, 1.165) is 11.3 Å². The largest absolute Gasteiger partial charge is 0.496 e. The molecule has 0 aliphatic heterocycles. The van der Waals surface area contributed by atoms with Crippen LogP contribution in [0.15, 0.2) is 18.2 Å². The monoisotopic (exact) mass is 235 g/mol. The first kappa shape index (κ1) is 12.4. The summed E-state index contributed by atoms with van der Waals surface area (Å²) in [5.41, 5.74) is 7.91. The molecule has 3 nitrogen and oxygen atoms in total. The Morgan fingerprint density at radius 2 is 2.18 bits per heavy atom. The fourth-order valence-corrected chi connectivity index (χ4v) is 2.18. The van der Waals surface area contributed by atoms with Gasteiger partial charge in [-0.1, -0.05) is 6.07 Å². The molecule has 2 N–H and O–H groups in total. The summed E-state index contributed by atoms with van der Waals surface area (Å²) in [6.45, 7) is 3.28. The van der Waals surface area contributed by atoms with Crippen LogP contribution in [-0.2, 0) is 4.74 Å². The van der Waals surface area contributed by atoms with Crippen LogP contribution >= 0.6 is 0 Å². The van der Waals surface area contributed by atoms with Crippen molar-refractivity contribution in [1.29, 1.82) is 0 Å². The molecule has 0 radical (unpaired) electrons. The van der Waals surface area contributed by atoms with Crippen LogP contribution in [0.25, 0.3) is 0 Å². The third-order valence-electron chi connectivity index (χ3n) is 3.21. The normalized spacial score (nSPS) is 16.9. The molecule has 1 atom stereocenters. The molecular weight excluding hydrogens is 214 g/mol. The van der Waals surface area contributed by atoms with E-state index in [1.165, 1.54) is 18.4 Å². The summed E-state index contributed by atoms with van der Waals surface area (Å²) in [4.78, 5) is 0. The van der Waals surface area contributed by atoms with Crippen LogP contribution in [0.2, 0.25) is 0 Å². The zero-order valence-electron chi connectivity index (χ0n) is 10.6. The van der Waals surface area contributed by atoms with E-state index in [2.05, 4.69) is 19.1 Å². The number of hydrogen-bond donors (Lipinski definition) is 1. The van der Waals surface area contributed by atoms with Gasteiger partial charge in [0.1, 0.15) is 5.75 Å². The van der Waals surface area contributed by atoms with Crippen LogP contribution in [-0.4, -0.2) is 20.3 Å². The molecule has 1 aromatic rings. The van der Waals surface area contributed by atoms with Gasteiger partial charge >= 0.3 is 0 Å². The van der Waals surface area contributed by atoms with E-state index in [1.54, 1.807) is 7.11 Å². The molecule has 0 saturated heterocycles. The summed E-state index contributed by atoms with van der Waals surface area (Å²) < 4.78 is 11.1. The molecule has 0 spiro atoms. The van der Waals surface area contributed by atoms with Gasteiger partial charge in [-0.3, -0.25) is 0 Å². The molecule has 17 heavy (non-hydrogen) atoms. The molecule has 1 unspecified atom stereocenters. The van der Waals surface area contributed by atoms with E-state index < -0.39 is 0 Å². The Balaban J connectivity index is 2.14. The zero-order valence-corrected chi connectivity index (χ0v) is 10.6. The quantitative estimate of drug-likeness (QED) is 0.823. The van der Waals surface area contributed by atoms with Gasteiger partial charge < -0.3 is 15.2 Å². The maximum absolute atomic E-state index is 5.86. The van der Waals surface area contributed by atoms with Crippen LogP contribution in [0.1, 0.15) is 30.1 Å². The third-order valence-corrected chi connectivity index (χ3v) is 3.21. The second kappa shape index (κ2) is 5.52. The van der Waals surface area contributed by atoms with E-state index in [1.807, 2.05) is 6.07 Å². The highest BCUT2D eigenvalue weighted by atomic mass is 16.5. The molecule has 0 heterocycles. The summed E-state index contributed by atoms with van der Waals surface area (Å²) in [5.74, 6) is 1.61. The van der Waals surface area contributed by atoms with Gasteiger partial charge in [-0.2, -0.15) is 0 Å². The summed E-state index contributed by atoms with van der Waals surface area (Å²) in [5, 5.41) is 0. The second-order valence-electron chi connectivity index (χ2n) is 4.65. The Bertz CT molecular complexity index is 374. The van der Waals surface area contributed by atoms with Crippen LogP contribution in [0.3, 0.4) is 0 Å². The first-order chi connectivity index (χ1) is 8.26. The van der Waals surface area contributed by atoms with Crippen molar-refractivity contribution in [2.45, 2.75) is 25.9 Å². The minimum atomic E-state index is 0.211. The number of aryl methyl sites for hydroxylation is 1. The average Bonchev–Trinajstić information content (AvgIpc) is 3.14. The van der Waals surface area contributed by atoms with Crippen molar-refractivity contribution in [3.63, 3.8) is 0 Å². The zero-order chi connectivity index (χ0) is 12.3. The molecule has 0 amide bonds. The minimum absolute atomic E-state index is 0.211. The van der Waals surface area contributed by atoms with Crippen molar-refractivity contribution in [3.05, 3.63) is 29.3 Å². The Labute approximate surface area is 103 Å². The van der Waals surface area contributed by atoms with E-state index in [4.69, 9.17) is 15.2 Å². The molecular formula is C14H21NO2. The Morgan fingerprint density at radius 3 is 2.71 bits per heavy atom. The average molecular weight is 235 g/mol. The maximum Gasteiger partial charge on any atom is 0.121 e. The van der Waals surface area contributed by atoms with Gasteiger partial charge in [0.25, 0.3) is 0 Å². The maximum atomic E-state index is 5.86. The lowest BCUT2D eigenvalue weighted by atomic mass is 10.0. The molecule has 2 rings (SSSR count). The molecule has 3 heteroatoms. The van der Waals surface area contributed by atoms with Crippen LogP contribution < -0.4 is 10.5 Å². The molecule has 1 fully saturated rings. The molecule has 1 aliphatic rings. The first-order valence-corrected chi connectivity index (χ1v) is 6.22. The number of rotatable bonds is 6. The van der Waals surface area contributed by atoms with Gasteiger partial charge in [-0.05, 0) is 48.9 Å². The molecule has 1 aliphatic carbocycles. The van der Waals surface area contributed by atoms with Crippen LogP contribution in [0, 0.1) is 12.8 Å². The summed E-state index contributed by atoms with van der Waals surface area (Å²) in [7, 11) is 1.70. The van der Waals surface area contributed by atoms with Gasteiger partial charge in [0, 0.05) is 6.54 Å². The highest BCUT2D eigenvalue weighted by Crippen LogP contribution is 2.43. The van der Waals surface area contributed by atoms with Crippen molar-refractivity contribution in [1.82, 2.24) is 0 Å². The Hall–Kier alpha value is -1.06. The van der Waals surface area contributed by atoms with Crippen LogP contribution in [0.5, 0.6) is 5.75 Å². The Kier molecular flexibility index (Phi) is 4.02. The molecule has 1 saturated carbocycles. The highest BCUT2D eigenvalue weighted by molar-refractivity contribution is 5.37. The number of nitrogens with two attached hydrogens (primary N) is 1. The predicted molar refractivity (Wildman–Crippen MR) is 68.2 cm³/mol. The smallest absolute Gasteiger partial charge is 0.121 e. The fourth-order valence-electron chi connectivity index (χ4n) is 2.18. The second-order valence-corrected chi connectivity index (χ2v) is 4.65. The third kappa shape index (κ3) is 2.99. The summed E-state index contributed by atoms with van der Waals surface area (Å²) in [6.07, 6.45) is 2.74. The van der Waals surface area contributed by atoms with Gasteiger partial charge in [0.2, 0.25) is 0 Å². The van der Waals surface area contributed by atoms with Crippen molar-refractivity contribution in [2.24, 2.45) is 11.7 Å². The van der Waals surface area contributed by atoms with Gasteiger partial charge in [-0.25, -0.2) is 0 Å². The highest BCUT2D eigenvalue weighted by Gasteiger charge is 2.33. The summed E-state index contributed by atoms with van der Waals surface area (Å²) >= 11 is 0. The number of ether oxygens (including phenoxy) is 2. The van der Waals surface area contributed by atoms with E-state index in [0.29, 0.717) is 19.1 Å². The molecule has 1 aromatic carbocycles. The van der Waals surface area contributed by atoms with Gasteiger partial charge in [-0.15, -0.1) is 0 Å². The fraction of sp³-hybridized carbons (Fsp3) is 0.571. The van der Waals surface area contributed by atoms with Gasteiger partial charge in [0.15, 0.2) is 0 Å². The number of benzene rings is 1. The van der Waals surface area contributed by atoms with E-state index in [9.17, 15) is 0 Å². The SMILES string of the molecule is COc1ccc(C(OCCN)C2CC2)cc1C. The van der Waals surface area contributed by atoms with E-state index >= 15 is 0 Å². The standard InChI is InChI=1S/C14H21NO2/c1-10-9-12(5-6-13(10)16-2)14(11-3-4-11)17-8-7-15/h5-6,9,11,14H,3-4,7-8,15H2,1-2H3. The number of hydrogen-bond acceptors (Lipinski definition) is 3. The van der Waals surface area contributed by atoms with Crippen LogP contribution in [0.4, 0.5) is 0 Å². The Morgan fingerprint density at radius 1 is 1.41 bits per heavy atom. The molecule has 0 aromatic heterocycles. The number of methoxy groups -OCH3 is 1. The lowest BCUT2D eigenvalue weighted by molar-refractivity contribution is 0.0424. The minimum Gasteiger partial charge on any atom is -0.496 e. The predicted octanol–water partition coefficient (Wildman–Crippen LogP) is 2.43. The molecule has 94 valence electrons. The lowest BCUT2D eigenvalue weighted by Crippen LogP contribution is -2.14. The van der Waals surface area contributed by atoms with Crippen molar-refractivity contribution in [3.8, 4) is 5.75 Å². The molecule has 0 bridgehead atoms. The first-order valence-electron chi connectivity index (χ1n) is 6.22. The van der Waals surface area contributed by atoms with Crippen molar-refractivity contribution < 1.29 is 9.47 Å². The van der Waals surface area contributed by atoms with Crippen molar-refractivity contribution >= 4 is 0 Å². The summed E-state index contributed by atoms with van der Waals surface area (Å²) in [6, 6.07) is 6.29. The van der Waals surface area contributed by atoms with Crippen molar-refractivity contribution in [2.75, 3.05) is 20.3 Å². The topological polar surface area (TPSA) is 44.5 Å². The van der Waals surface area contributed by atoms with E-state index in [-0.39, 0.29) is 6.10 Å². The lowest BCUT2D eigenvalue weighted by Gasteiger charge is -2.18.